The van der Waals surface area contributed by atoms with Crippen LogP contribution in [0.4, 0.5) is 17.5 Å². The van der Waals surface area contributed by atoms with E-state index in [-0.39, 0.29) is 11.8 Å². The van der Waals surface area contributed by atoms with E-state index in [4.69, 9.17) is 4.98 Å². The molecule has 0 spiro atoms. The van der Waals surface area contributed by atoms with E-state index < -0.39 is 0 Å². The number of nitrogens with zero attached hydrogens (tertiary/aromatic N) is 6. The average Bonchev–Trinajstić information content (AvgIpc) is 2.89. The molecule has 0 radical (unpaired) electrons. The summed E-state index contributed by atoms with van der Waals surface area (Å²) in [5.41, 5.74) is 3.56. The van der Waals surface area contributed by atoms with Gasteiger partial charge in [0.1, 0.15) is 5.75 Å². The van der Waals surface area contributed by atoms with Crippen molar-refractivity contribution in [1.82, 2.24) is 25.5 Å². The molecule has 2 aromatic heterocycles. The Kier molecular flexibility index (Phi) is 5.18. The molecule has 6 rings (SSSR count). The second-order valence-electron chi connectivity index (χ2n) is 8.96. The highest BCUT2D eigenvalue weighted by Crippen LogP contribution is 2.36. The Labute approximate surface area is 192 Å². The van der Waals surface area contributed by atoms with Crippen LogP contribution in [0, 0.1) is 0 Å². The first kappa shape index (κ1) is 20.2. The number of phenols is 1. The van der Waals surface area contributed by atoms with Crippen molar-refractivity contribution in [2.24, 2.45) is 0 Å². The van der Waals surface area contributed by atoms with Crippen LogP contribution >= 0.6 is 0 Å². The number of piperidine rings is 1. The summed E-state index contributed by atoms with van der Waals surface area (Å²) in [4.78, 5) is 14.3. The zero-order chi connectivity index (χ0) is 22.2. The van der Waals surface area contributed by atoms with Crippen molar-refractivity contribution >= 4 is 17.5 Å². The zero-order valence-electron chi connectivity index (χ0n) is 18.5. The van der Waals surface area contributed by atoms with Crippen molar-refractivity contribution in [2.75, 3.05) is 54.4 Å². The van der Waals surface area contributed by atoms with Gasteiger partial charge in [-0.25, -0.2) is 9.97 Å². The van der Waals surface area contributed by atoms with Crippen LogP contribution in [0.5, 0.6) is 5.75 Å². The van der Waals surface area contributed by atoms with Gasteiger partial charge >= 0.3 is 0 Å². The molecule has 9 heteroatoms. The summed E-state index contributed by atoms with van der Waals surface area (Å²) in [6.07, 6.45) is 4.18. The largest absolute Gasteiger partial charge is 0.507 e. The molecule has 0 aliphatic carbocycles. The van der Waals surface area contributed by atoms with Crippen LogP contribution in [-0.2, 0) is 0 Å². The minimum atomic E-state index is 0.211. The van der Waals surface area contributed by atoms with E-state index in [0.29, 0.717) is 17.2 Å². The second-order valence-corrected chi connectivity index (χ2v) is 8.96. The molecule has 0 saturated carbocycles. The Morgan fingerprint density at radius 3 is 2.79 bits per heavy atom. The molecule has 9 nitrogen and oxygen atoms in total. The van der Waals surface area contributed by atoms with E-state index in [1.165, 1.54) is 5.69 Å². The molecule has 170 valence electrons. The Morgan fingerprint density at radius 2 is 1.91 bits per heavy atom. The summed E-state index contributed by atoms with van der Waals surface area (Å²) in [6, 6.07) is 11.6. The van der Waals surface area contributed by atoms with Gasteiger partial charge in [-0.1, -0.05) is 12.1 Å². The van der Waals surface area contributed by atoms with E-state index in [9.17, 15) is 5.11 Å². The SMILES string of the molecule is Oc1ccccc1-c1cc2c(nn1)NC[C@@H]1CN(c3nccc(C4CCNCC4)n3)CCN21. The molecule has 3 aromatic rings. The molecule has 2 saturated heterocycles. The van der Waals surface area contributed by atoms with Crippen molar-refractivity contribution in [3.05, 3.63) is 48.3 Å². The van der Waals surface area contributed by atoms with Gasteiger partial charge < -0.3 is 25.5 Å². The predicted octanol–water partition coefficient (Wildman–Crippen LogP) is 2.23. The lowest BCUT2D eigenvalue weighted by Crippen LogP contribution is -2.58. The first-order valence-corrected chi connectivity index (χ1v) is 11.7. The van der Waals surface area contributed by atoms with Crippen LogP contribution in [0.3, 0.4) is 0 Å². The molecule has 0 amide bonds. The number of hydrogen-bond acceptors (Lipinski definition) is 9. The lowest BCUT2D eigenvalue weighted by atomic mass is 9.94. The number of fused-ring (bicyclic) bond motifs is 3. The highest BCUT2D eigenvalue weighted by molar-refractivity contribution is 5.76. The smallest absolute Gasteiger partial charge is 0.225 e. The van der Waals surface area contributed by atoms with Gasteiger partial charge in [0.25, 0.3) is 0 Å². The van der Waals surface area contributed by atoms with E-state index in [1.807, 2.05) is 30.5 Å². The van der Waals surface area contributed by atoms with Gasteiger partial charge in [-0.2, -0.15) is 0 Å². The summed E-state index contributed by atoms with van der Waals surface area (Å²) in [7, 11) is 0. The number of hydrogen-bond donors (Lipinski definition) is 3. The number of piperazine rings is 1. The van der Waals surface area contributed by atoms with Crippen LogP contribution in [0.15, 0.2) is 42.6 Å². The average molecular weight is 445 g/mol. The number of rotatable bonds is 3. The van der Waals surface area contributed by atoms with Crippen LogP contribution in [0.1, 0.15) is 24.5 Å². The van der Waals surface area contributed by atoms with Gasteiger partial charge in [0.2, 0.25) is 5.95 Å². The third kappa shape index (κ3) is 3.82. The maximum absolute atomic E-state index is 10.3. The number of anilines is 3. The number of aromatic hydroxyl groups is 1. The topological polar surface area (TPSA) is 102 Å². The number of benzene rings is 1. The summed E-state index contributed by atoms with van der Waals surface area (Å²) in [5, 5.41) is 25.9. The van der Waals surface area contributed by atoms with Crippen molar-refractivity contribution in [3.63, 3.8) is 0 Å². The summed E-state index contributed by atoms with van der Waals surface area (Å²) < 4.78 is 0. The first-order chi connectivity index (χ1) is 16.3. The van der Waals surface area contributed by atoms with E-state index in [0.717, 1.165) is 69.6 Å². The molecule has 1 aromatic carbocycles. The third-order valence-corrected chi connectivity index (χ3v) is 6.96. The van der Waals surface area contributed by atoms with Crippen molar-refractivity contribution in [3.8, 4) is 17.0 Å². The molecule has 0 unspecified atom stereocenters. The molecule has 2 fully saturated rings. The molecule has 3 aliphatic rings. The molecular formula is C24H28N8O. The highest BCUT2D eigenvalue weighted by atomic mass is 16.3. The molecule has 3 N–H and O–H groups in total. The molecule has 5 heterocycles. The fourth-order valence-corrected chi connectivity index (χ4v) is 5.15. The maximum Gasteiger partial charge on any atom is 0.225 e. The lowest BCUT2D eigenvalue weighted by Gasteiger charge is -2.45. The summed E-state index contributed by atoms with van der Waals surface area (Å²) in [6.45, 7) is 5.45. The van der Waals surface area contributed by atoms with Crippen molar-refractivity contribution in [1.29, 1.82) is 0 Å². The standard InChI is InChI=1S/C24H28N8O/c33-22-4-2-1-3-18(22)20-13-21-23(30-29-20)27-14-17-15-31(11-12-32(17)21)24-26-10-7-19(28-24)16-5-8-25-9-6-16/h1-4,7,10,13,16-17,25,33H,5-6,8-9,11-12,14-15H2,(H,27,30)/t17-/m1/s1. The van der Waals surface area contributed by atoms with Gasteiger partial charge in [-0.3, -0.25) is 0 Å². The van der Waals surface area contributed by atoms with Crippen molar-refractivity contribution < 1.29 is 5.11 Å². The Balaban J connectivity index is 1.23. The molecular weight excluding hydrogens is 416 g/mol. The van der Waals surface area contributed by atoms with Crippen molar-refractivity contribution in [2.45, 2.75) is 24.8 Å². The summed E-state index contributed by atoms with van der Waals surface area (Å²) >= 11 is 0. The highest BCUT2D eigenvalue weighted by Gasteiger charge is 2.34. The van der Waals surface area contributed by atoms with Gasteiger partial charge in [-0.15, -0.1) is 10.2 Å². The first-order valence-electron chi connectivity index (χ1n) is 11.7. The quantitative estimate of drug-likeness (QED) is 0.561. The van der Waals surface area contributed by atoms with Gasteiger partial charge in [0, 0.05) is 49.6 Å². The van der Waals surface area contributed by atoms with Crippen LogP contribution < -0.4 is 20.4 Å². The number of para-hydroxylation sites is 1. The van der Waals surface area contributed by atoms with Crippen LogP contribution in [0.25, 0.3) is 11.3 Å². The van der Waals surface area contributed by atoms with Gasteiger partial charge in [0.05, 0.1) is 17.4 Å². The number of aromatic nitrogens is 4. The van der Waals surface area contributed by atoms with Crippen LogP contribution in [0.2, 0.25) is 0 Å². The minimum Gasteiger partial charge on any atom is -0.507 e. The maximum atomic E-state index is 10.3. The van der Waals surface area contributed by atoms with Crippen LogP contribution in [-0.4, -0.2) is 70.6 Å². The Bertz CT molecular complexity index is 1150. The van der Waals surface area contributed by atoms with Gasteiger partial charge in [-0.05, 0) is 50.2 Å². The van der Waals surface area contributed by atoms with E-state index in [2.05, 4.69) is 41.7 Å². The molecule has 3 aliphatic heterocycles. The van der Waals surface area contributed by atoms with E-state index >= 15 is 0 Å². The lowest BCUT2D eigenvalue weighted by molar-refractivity contribution is 0.451. The normalized spacial score (nSPS) is 20.7. The predicted molar refractivity (Wildman–Crippen MR) is 128 cm³/mol. The fraction of sp³-hybridized carbons (Fsp3) is 0.417. The monoisotopic (exact) mass is 444 g/mol. The van der Waals surface area contributed by atoms with Gasteiger partial charge in [0.15, 0.2) is 5.82 Å². The minimum absolute atomic E-state index is 0.211. The number of phenolic OH excluding ortho intramolecular Hbond substituents is 1. The molecule has 1 atom stereocenters. The molecule has 33 heavy (non-hydrogen) atoms. The molecule has 0 bridgehead atoms. The second kappa shape index (κ2) is 8.47. The zero-order valence-corrected chi connectivity index (χ0v) is 18.5. The Morgan fingerprint density at radius 1 is 1.03 bits per heavy atom. The third-order valence-electron chi connectivity index (χ3n) is 6.96. The Hall–Kier alpha value is -3.46. The van der Waals surface area contributed by atoms with E-state index in [1.54, 1.807) is 6.07 Å². The fourth-order valence-electron chi connectivity index (χ4n) is 5.15. The number of nitrogens with one attached hydrogen (secondary N) is 2. The summed E-state index contributed by atoms with van der Waals surface area (Å²) in [5.74, 6) is 2.36.